The number of carbonyl (C=O) groups is 1. The summed E-state index contributed by atoms with van der Waals surface area (Å²) in [5.74, 6) is -0.318. The first-order valence-corrected chi connectivity index (χ1v) is 9.18. The Hall–Kier alpha value is -3.27. The van der Waals surface area contributed by atoms with E-state index in [1.165, 1.54) is 6.20 Å². The molecular weight excluding hydrogens is 380 g/mol. The molecule has 8 nitrogen and oxygen atoms in total. The molecule has 0 saturated heterocycles. The summed E-state index contributed by atoms with van der Waals surface area (Å²) < 4.78 is 26.9. The number of alkyl halides is 2. The first kappa shape index (κ1) is 20.5. The third-order valence-electron chi connectivity index (χ3n) is 4.46. The molecule has 1 amide bonds. The molecule has 0 bridgehead atoms. The Balaban J connectivity index is 1.87. The number of hydrogen-bond donors (Lipinski definition) is 4. The minimum atomic E-state index is -2.49. The topological polar surface area (TPSA) is 124 Å². The second-order valence-electron chi connectivity index (χ2n) is 6.55. The molecule has 0 fully saturated rings. The normalized spacial score (nSPS) is 12.3. The Bertz CT molecular complexity index is 1010. The van der Waals surface area contributed by atoms with E-state index in [-0.39, 0.29) is 23.9 Å². The summed E-state index contributed by atoms with van der Waals surface area (Å²) >= 11 is 0. The van der Waals surface area contributed by atoms with Gasteiger partial charge < -0.3 is 26.7 Å². The van der Waals surface area contributed by atoms with Crippen LogP contribution in [-0.2, 0) is 6.54 Å². The minimum absolute atomic E-state index is 0.0641. The van der Waals surface area contributed by atoms with E-state index in [0.29, 0.717) is 0 Å². The summed E-state index contributed by atoms with van der Waals surface area (Å²) in [4.78, 5) is 20.1. The lowest BCUT2D eigenvalue weighted by molar-refractivity contribution is 0.100. The smallest absolute Gasteiger partial charge is 0.254 e. The lowest BCUT2D eigenvalue weighted by atomic mass is 10.2. The number of primary amides is 1. The maximum Gasteiger partial charge on any atom is 0.254 e. The number of nitrogens with zero attached hydrogens (tertiary/aromatic N) is 3. The Morgan fingerprint density at radius 2 is 2.10 bits per heavy atom. The van der Waals surface area contributed by atoms with E-state index < -0.39 is 24.8 Å². The highest BCUT2D eigenvalue weighted by molar-refractivity contribution is 6.00. The summed E-state index contributed by atoms with van der Waals surface area (Å²) in [5.41, 5.74) is 13.0. The van der Waals surface area contributed by atoms with Gasteiger partial charge in [-0.25, -0.2) is 13.8 Å². The summed E-state index contributed by atoms with van der Waals surface area (Å²) in [6.07, 6.45) is 0.338. The van der Waals surface area contributed by atoms with Gasteiger partial charge in [-0.1, -0.05) is 6.07 Å². The molecule has 10 heteroatoms. The Kier molecular flexibility index (Phi) is 6.23. The van der Waals surface area contributed by atoms with Gasteiger partial charge in [-0.05, 0) is 25.1 Å². The average Bonchev–Trinajstić information content (AvgIpc) is 3.10. The van der Waals surface area contributed by atoms with E-state index in [1.54, 1.807) is 0 Å². The van der Waals surface area contributed by atoms with Gasteiger partial charge in [0.1, 0.15) is 11.4 Å². The molecule has 29 heavy (non-hydrogen) atoms. The van der Waals surface area contributed by atoms with Crippen LogP contribution in [0.2, 0.25) is 0 Å². The maximum atomic E-state index is 12.4. The molecule has 3 aromatic rings. The first-order chi connectivity index (χ1) is 13.9. The molecule has 1 aromatic carbocycles. The van der Waals surface area contributed by atoms with Crippen LogP contribution in [0.4, 0.5) is 26.2 Å². The van der Waals surface area contributed by atoms with E-state index in [1.807, 2.05) is 37.4 Å². The summed E-state index contributed by atoms with van der Waals surface area (Å²) in [6, 6.07) is 6.96. The molecule has 0 aliphatic heterocycles. The highest BCUT2D eigenvalue weighted by Crippen LogP contribution is 2.28. The minimum Gasteiger partial charge on any atom is -0.365 e. The Morgan fingerprint density at radius 3 is 2.79 bits per heavy atom. The van der Waals surface area contributed by atoms with E-state index in [4.69, 9.17) is 11.5 Å². The van der Waals surface area contributed by atoms with Crippen molar-refractivity contribution in [2.45, 2.75) is 32.4 Å². The highest BCUT2D eigenvalue weighted by atomic mass is 19.3. The van der Waals surface area contributed by atoms with Crippen LogP contribution in [0.15, 0.2) is 36.7 Å². The van der Waals surface area contributed by atoms with Crippen LogP contribution < -0.4 is 22.1 Å². The van der Waals surface area contributed by atoms with Crippen molar-refractivity contribution in [1.29, 1.82) is 0 Å². The molecule has 154 valence electrons. The molecule has 0 saturated carbocycles. The van der Waals surface area contributed by atoms with Crippen molar-refractivity contribution in [3.05, 3.63) is 42.2 Å². The molecule has 1 unspecified atom stereocenters. The highest BCUT2D eigenvalue weighted by Gasteiger charge is 2.16. The van der Waals surface area contributed by atoms with Crippen LogP contribution in [0.5, 0.6) is 0 Å². The van der Waals surface area contributed by atoms with Crippen LogP contribution in [0.25, 0.3) is 10.9 Å². The van der Waals surface area contributed by atoms with Gasteiger partial charge in [-0.3, -0.25) is 4.79 Å². The fourth-order valence-electron chi connectivity index (χ4n) is 3.01. The van der Waals surface area contributed by atoms with Crippen molar-refractivity contribution in [3.63, 3.8) is 0 Å². The largest absolute Gasteiger partial charge is 0.365 e. The molecule has 2 aromatic heterocycles. The summed E-state index contributed by atoms with van der Waals surface area (Å²) in [7, 11) is 0. The van der Waals surface area contributed by atoms with Gasteiger partial charge in [0.2, 0.25) is 12.4 Å². The predicted molar refractivity (Wildman–Crippen MR) is 109 cm³/mol. The number of carbonyl (C=O) groups excluding carboxylic acids is 1. The lowest BCUT2D eigenvalue weighted by Crippen LogP contribution is -2.31. The maximum absolute atomic E-state index is 12.4. The van der Waals surface area contributed by atoms with Crippen molar-refractivity contribution in [1.82, 2.24) is 14.5 Å². The molecular formula is C19H23F2N7O. The number of nitrogens with two attached hydrogens (primary N) is 2. The number of rotatable bonds is 9. The molecule has 3 rings (SSSR count). The Labute approximate surface area is 166 Å². The van der Waals surface area contributed by atoms with Gasteiger partial charge in [0, 0.05) is 49.0 Å². The number of halogens is 2. The van der Waals surface area contributed by atoms with Crippen LogP contribution in [0, 0.1) is 0 Å². The number of nitrogens with one attached hydrogen (secondary N) is 2. The van der Waals surface area contributed by atoms with Crippen molar-refractivity contribution < 1.29 is 13.6 Å². The number of fused-ring (bicyclic) bond motifs is 1. The quantitative estimate of drug-likeness (QED) is 0.435. The van der Waals surface area contributed by atoms with Crippen molar-refractivity contribution in [2.24, 2.45) is 11.5 Å². The number of hydrogen-bond acceptors (Lipinski definition) is 6. The van der Waals surface area contributed by atoms with E-state index in [0.717, 1.165) is 23.1 Å². The van der Waals surface area contributed by atoms with Gasteiger partial charge >= 0.3 is 0 Å². The molecule has 6 N–H and O–H groups in total. The zero-order valence-electron chi connectivity index (χ0n) is 15.9. The zero-order chi connectivity index (χ0) is 21.0. The van der Waals surface area contributed by atoms with Crippen molar-refractivity contribution in [2.75, 3.05) is 17.2 Å². The van der Waals surface area contributed by atoms with Gasteiger partial charge in [0.15, 0.2) is 0 Å². The van der Waals surface area contributed by atoms with Gasteiger partial charge in [0.25, 0.3) is 5.91 Å². The molecule has 2 heterocycles. The fourth-order valence-corrected chi connectivity index (χ4v) is 3.01. The van der Waals surface area contributed by atoms with E-state index >= 15 is 0 Å². The number of aromatic nitrogens is 3. The summed E-state index contributed by atoms with van der Waals surface area (Å²) in [6.45, 7) is 2.93. The number of benzene rings is 1. The second-order valence-corrected chi connectivity index (χ2v) is 6.55. The standard InChI is InChI=1S/C19H23F2N7O/c1-2-28-7-6-12-14(4-3-5-15(12)28)26-18-13(17(23)29)10-25-19(27-18)24-9-11(22)8-16(20)21/h3-7,10-11,16H,2,8-9,22H2,1H3,(H2,23,29)(H2,24,25,26,27). The third-order valence-corrected chi connectivity index (χ3v) is 4.46. The van der Waals surface area contributed by atoms with Crippen LogP contribution >= 0.6 is 0 Å². The summed E-state index contributed by atoms with van der Waals surface area (Å²) in [5, 5.41) is 6.91. The molecule has 1 atom stereocenters. The Morgan fingerprint density at radius 1 is 1.31 bits per heavy atom. The molecule has 0 aliphatic carbocycles. The van der Waals surface area contributed by atoms with E-state index in [2.05, 4.69) is 25.2 Å². The van der Waals surface area contributed by atoms with Gasteiger partial charge in [-0.15, -0.1) is 0 Å². The van der Waals surface area contributed by atoms with E-state index in [9.17, 15) is 13.6 Å². The molecule has 0 radical (unpaired) electrons. The second kappa shape index (κ2) is 8.82. The van der Waals surface area contributed by atoms with Crippen LogP contribution in [-0.4, -0.2) is 39.5 Å². The number of aryl methyl sites for hydroxylation is 1. The fraction of sp³-hybridized carbons (Fsp3) is 0.316. The molecule has 0 spiro atoms. The first-order valence-electron chi connectivity index (χ1n) is 9.18. The predicted octanol–water partition coefficient (Wildman–Crippen LogP) is 2.69. The number of anilines is 3. The van der Waals surface area contributed by atoms with Gasteiger partial charge in [-0.2, -0.15) is 4.98 Å². The monoisotopic (exact) mass is 403 g/mol. The van der Waals surface area contributed by atoms with Gasteiger partial charge in [0.05, 0.1) is 5.52 Å². The number of amides is 1. The molecule has 0 aliphatic rings. The SMILES string of the molecule is CCn1ccc2c(Nc3nc(NCC(N)CC(F)F)ncc3C(N)=O)cccc21. The lowest BCUT2D eigenvalue weighted by Gasteiger charge is -2.14. The van der Waals surface area contributed by atoms with Crippen LogP contribution in [0.3, 0.4) is 0 Å². The zero-order valence-corrected chi connectivity index (χ0v) is 15.9. The van der Waals surface area contributed by atoms with Crippen molar-refractivity contribution in [3.8, 4) is 0 Å². The third kappa shape index (κ3) is 4.77. The average molecular weight is 403 g/mol. The van der Waals surface area contributed by atoms with Crippen LogP contribution in [0.1, 0.15) is 23.7 Å². The van der Waals surface area contributed by atoms with Crippen molar-refractivity contribution >= 4 is 34.3 Å².